The number of carbonyl (C=O) groups is 1. The minimum atomic E-state index is -0.0957. The van der Waals surface area contributed by atoms with E-state index in [1.165, 1.54) is 0 Å². The van der Waals surface area contributed by atoms with Gasteiger partial charge >= 0.3 is 0 Å². The lowest BCUT2D eigenvalue weighted by molar-refractivity contribution is 0.0778. The third kappa shape index (κ3) is 4.33. The fourth-order valence-corrected chi connectivity index (χ4v) is 2.44. The van der Waals surface area contributed by atoms with E-state index in [4.69, 9.17) is 16.4 Å². The van der Waals surface area contributed by atoms with Crippen molar-refractivity contribution in [1.82, 2.24) is 4.57 Å². The van der Waals surface area contributed by atoms with Crippen molar-refractivity contribution < 1.29 is 9.63 Å². The van der Waals surface area contributed by atoms with E-state index >= 15 is 0 Å². The van der Waals surface area contributed by atoms with Gasteiger partial charge in [-0.25, -0.2) is 0 Å². The van der Waals surface area contributed by atoms with Crippen molar-refractivity contribution in [2.24, 2.45) is 5.16 Å². The van der Waals surface area contributed by atoms with Crippen LogP contribution in [-0.4, -0.2) is 23.2 Å². The van der Waals surface area contributed by atoms with Gasteiger partial charge in [0.15, 0.2) is 6.61 Å². The highest BCUT2D eigenvalue weighted by molar-refractivity contribution is 6.30. The number of hydrogen-bond acceptors (Lipinski definition) is 3. The molecule has 0 fully saturated rings. The van der Waals surface area contributed by atoms with E-state index in [1.807, 2.05) is 36.6 Å². The lowest BCUT2D eigenvalue weighted by Crippen LogP contribution is -2.09. The summed E-state index contributed by atoms with van der Waals surface area (Å²) in [7, 11) is 0. The molecule has 0 unspecified atom stereocenters. The van der Waals surface area contributed by atoms with Crippen LogP contribution in [0.1, 0.15) is 27.3 Å². The molecule has 1 aromatic heterocycles. The van der Waals surface area contributed by atoms with Crippen molar-refractivity contribution in [3.05, 3.63) is 70.5 Å². The van der Waals surface area contributed by atoms with Gasteiger partial charge in [-0.1, -0.05) is 35.0 Å². The summed E-state index contributed by atoms with van der Waals surface area (Å²) in [5.74, 6) is -0.0957. The van der Waals surface area contributed by atoms with Gasteiger partial charge in [-0.15, -0.1) is 6.58 Å². The van der Waals surface area contributed by atoms with Gasteiger partial charge in [0.05, 0.1) is 6.21 Å². The summed E-state index contributed by atoms with van der Waals surface area (Å²) in [6.07, 6.45) is 3.35. The molecular formula is C18H19ClN2O2. The SMILES string of the molecule is C=CCn1c(C)cc(C(=O)CON=Cc2ccc(Cl)cc2)c1C. The number of aromatic nitrogens is 1. The summed E-state index contributed by atoms with van der Waals surface area (Å²) in [5, 5.41) is 4.48. The van der Waals surface area contributed by atoms with E-state index in [0.717, 1.165) is 17.0 Å². The van der Waals surface area contributed by atoms with Crippen molar-refractivity contribution in [3.63, 3.8) is 0 Å². The maximum Gasteiger partial charge on any atom is 0.204 e. The molecule has 0 aliphatic rings. The van der Waals surface area contributed by atoms with Crippen LogP contribution in [0.15, 0.2) is 48.1 Å². The van der Waals surface area contributed by atoms with Gasteiger partial charge in [-0.3, -0.25) is 4.79 Å². The highest BCUT2D eigenvalue weighted by atomic mass is 35.5. The number of rotatable bonds is 7. The Labute approximate surface area is 141 Å². The molecule has 0 aliphatic carbocycles. The summed E-state index contributed by atoms with van der Waals surface area (Å²) in [4.78, 5) is 17.3. The smallest absolute Gasteiger partial charge is 0.204 e. The Morgan fingerprint density at radius 3 is 2.70 bits per heavy atom. The second-order valence-corrected chi connectivity index (χ2v) is 5.60. The van der Waals surface area contributed by atoms with E-state index in [1.54, 1.807) is 24.4 Å². The number of benzene rings is 1. The molecule has 0 radical (unpaired) electrons. The van der Waals surface area contributed by atoms with E-state index in [2.05, 4.69) is 11.7 Å². The maximum absolute atomic E-state index is 12.2. The van der Waals surface area contributed by atoms with Crippen LogP contribution in [0.25, 0.3) is 0 Å². The van der Waals surface area contributed by atoms with Crippen LogP contribution in [0.4, 0.5) is 0 Å². The van der Waals surface area contributed by atoms with Crippen LogP contribution >= 0.6 is 11.6 Å². The van der Waals surface area contributed by atoms with E-state index in [0.29, 0.717) is 17.1 Å². The lowest BCUT2D eigenvalue weighted by Gasteiger charge is -2.05. The highest BCUT2D eigenvalue weighted by Crippen LogP contribution is 2.16. The molecule has 0 saturated carbocycles. The maximum atomic E-state index is 12.2. The summed E-state index contributed by atoms with van der Waals surface area (Å²) < 4.78 is 2.04. The zero-order valence-corrected chi connectivity index (χ0v) is 14.0. The van der Waals surface area contributed by atoms with E-state index < -0.39 is 0 Å². The quantitative estimate of drug-likeness (QED) is 0.331. The summed E-state index contributed by atoms with van der Waals surface area (Å²) in [6.45, 7) is 8.20. The lowest BCUT2D eigenvalue weighted by atomic mass is 10.2. The van der Waals surface area contributed by atoms with Crippen LogP contribution in [0, 0.1) is 13.8 Å². The average Bonchev–Trinajstić information content (AvgIpc) is 2.82. The van der Waals surface area contributed by atoms with E-state index in [9.17, 15) is 4.79 Å². The predicted octanol–water partition coefficient (Wildman–Crippen LogP) is 4.18. The van der Waals surface area contributed by atoms with Crippen LogP contribution in [0.5, 0.6) is 0 Å². The number of halogens is 1. The molecule has 0 spiro atoms. The van der Waals surface area contributed by atoms with Crippen LogP contribution in [-0.2, 0) is 11.4 Å². The van der Waals surface area contributed by atoms with Crippen molar-refractivity contribution in [2.45, 2.75) is 20.4 Å². The zero-order chi connectivity index (χ0) is 16.8. The molecule has 120 valence electrons. The fourth-order valence-electron chi connectivity index (χ4n) is 2.31. The van der Waals surface area contributed by atoms with Crippen molar-refractivity contribution >= 4 is 23.6 Å². The number of ketones is 1. The first-order valence-corrected chi connectivity index (χ1v) is 7.62. The van der Waals surface area contributed by atoms with Crippen molar-refractivity contribution in [2.75, 3.05) is 6.61 Å². The zero-order valence-electron chi connectivity index (χ0n) is 13.3. The van der Waals surface area contributed by atoms with E-state index in [-0.39, 0.29) is 12.4 Å². The summed E-state index contributed by atoms with van der Waals surface area (Å²) in [5.41, 5.74) is 3.45. The first-order chi connectivity index (χ1) is 11.0. The molecule has 1 heterocycles. The summed E-state index contributed by atoms with van der Waals surface area (Å²) >= 11 is 5.81. The Morgan fingerprint density at radius 2 is 2.04 bits per heavy atom. The van der Waals surface area contributed by atoms with Crippen LogP contribution in [0.2, 0.25) is 5.02 Å². The number of Topliss-reactive ketones (excluding diaryl/α,β-unsaturated/α-hetero) is 1. The van der Waals surface area contributed by atoms with Crippen LogP contribution in [0.3, 0.4) is 0 Å². The molecule has 5 heteroatoms. The van der Waals surface area contributed by atoms with Crippen molar-refractivity contribution in [1.29, 1.82) is 0 Å². The number of nitrogens with zero attached hydrogens (tertiary/aromatic N) is 2. The highest BCUT2D eigenvalue weighted by Gasteiger charge is 2.15. The van der Waals surface area contributed by atoms with Gasteiger partial charge in [0.1, 0.15) is 0 Å². The minimum Gasteiger partial charge on any atom is -0.387 e. The molecule has 0 bridgehead atoms. The minimum absolute atomic E-state index is 0.0948. The van der Waals surface area contributed by atoms with Gasteiger partial charge in [-0.2, -0.15) is 0 Å². The van der Waals surface area contributed by atoms with Gasteiger partial charge < -0.3 is 9.40 Å². The van der Waals surface area contributed by atoms with Crippen molar-refractivity contribution in [3.8, 4) is 0 Å². The molecule has 0 saturated heterocycles. The second kappa shape index (κ2) is 7.79. The Kier molecular flexibility index (Phi) is 5.77. The Bertz CT molecular complexity index is 730. The molecule has 4 nitrogen and oxygen atoms in total. The molecule has 2 rings (SSSR count). The third-order valence-corrected chi connectivity index (χ3v) is 3.78. The summed E-state index contributed by atoms with van der Waals surface area (Å²) in [6, 6.07) is 9.04. The molecule has 23 heavy (non-hydrogen) atoms. The first-order valence-electron chi connectivity index (χ1n) is 7.24. The Morgan fingerprint density at radius 1 is 1.35 bits per heavy atom. The molecule has 0 atom stereocenters. The average molecular weight is 331 g/mol. The normalized spacial score (nSPS) is 10.9. The molecule has 0 aliphatic heterocycles. The molecular weight excluding hydrogens is 312 g/mol. The fraction of sp³-hybridized carbons (Fsp3) is 0.222. The second-order valence-electron chi connectivity index (χ2n) is 5.17. The molecule has 0 N–H and O–H groups in total. The molecule has 1 aromatic carbocycles. The molecule has 0 amide bonds. The number of allylic oxidation sites excluding steroid dienone is 1. The topological polar surface area (TPSA) is 43.6 Å². The Balaban J connectivity index is 1.96. The number of hydrogen-bond donors (Lipinski definition) is 0. The van der Waals surface area contributed by atoms with Gasteiger partial charge in [0.25, 0.3) is 0 Å². The number of aryl methyl sites for hydroxylation is 1. The monoisotopic (exact) mass is 330 g/mol. The molecule has 2 aromatic rings. The number of carbonyl (C=O) groups excluding carboxylic acids is 1. The van der Waals surface area contributed by atoms with Gasteiger partial charge in [0.2, 0.25) is 5.78 Å². The number of oxime groups is 1. The third-order valence-electron chi connectivity index (χ3n) is 3.53. The Hall–Kier alpha value is -2.33. The predicted molar refractivity (Wildman–Crippen MR) is 93.4 cm³/mol. The van der Waals surface area contributed by atoms with Crippen LogP contribution < -0.4 is 0 Å². The van der Waals surface area contributed by atoms with Gasteiger partial charge in [0, 0.05) is 28.5 Å². The largest absolute Gasteiger partial charge is 0.387 e. The first kappa shape index (κ1) is 17.0. The standard InChI is InChI=1S/C18H19ClN2O2/c1-4-9-21-13(2)10-17(14(21)3)18(22)12-23-20-11-15-5-7-16(19)8-6-15/h4-8,10-11H,1,9,12H2,2-3H3. The van der Waals surface area contributed by atoms with Gasteiger partial charge in [-0.05, 0) is 37.6 Å².